The number of hydrogen-bond donors (Lipinski definition) is 2. The summed E-state index contributed by atoms with van der Waals surface area (Å²) in [6.07, 6.45) is 0.442. The molecule has 0 heterocycles. The Balaban J connectivity index is 1.82. The molecule has 0 aliphatic heterocycles. The minimum Gasteiger partial charge on any atom is -0.383 e. The van der Waals surface area contributed by atoms with Crippen LogP contribution in [0.15, 0.2) is 48.5 Å². The highest BCUT2D eigenvalue weighted by Gasteiger charge is 2.06. The predicted molar refractivity (Wildman–Crippen MR) is 93.8 cm³/mol. The van der Waals surface area contributed by atoms with E-state index >= 15 is 0 Å². The second kappa shape index (κ2) is 9.54. The molecular formula is C19H21FN2O3. The molecule has 2 amide bonds. The number of rotatable bonds is 8. The molecule has 0 unspecified atom stereocenters. The largest absolute Gasteiger partial charge is 0.383 e. The number of hydrogen-bond acceptors (Lipinski definition) is 3. The van der Waals surface area contributed by atoms with Crippen LogP contribution in [0.2, 0.25) is 0 Å². The molecule has 0 radical (unpaired) electrons. The van der Waals surface area contributed by atoms with E-state index in [0.717, 1.165) is 11.1 Å². The standard InChI is InChI=1S/C19H21FN2O3/c1-25-11-10-21-18(23)12-15-4-8-17(9-5-15)22-19(24)13-14-2-6-16(20)7-3-14/h2-9H,10-13H2,1H3,(H,21,23)(H,22,24). The van der Waals surface area contributed by atoms with Gasteiger partial charge in [-0.3, -0.25) is 9.59 Å². The van der Waals surface area contributed by atoms with Gasteiger partial charge < -0.3 is 15.4 Å². The fourth-order valence-corrected chi connectivity index (χ4v) is 2.24. The average Bonchev–Trinajstić information content (AvgIpc) is 2.59. The lowest BCUT2D eigenvalue weighted by atomic mass is 10.1. The topological polar surface area (TPSA) is 67.4 Å². The maximum absolute atomic E-state index is 12.9. The van der Waals surface area contributed by atoms with Gasteiger partial charge in [0.05, 0.1) is 19.4 Å². The summed E-state index contributed by atoms with van der Waals surface area (Å²) in [5, 5.41) is 5.53. The summed E-state index contributed by atoms with van der Waals surface area (Å²) in [5.41, 5.74) is 2.24. The maximum atomic E-state index is 12.9. The van der Waals surface area contributed by atoms with Gasteiger partial charge in [0.2, 0.25) is 11.8 Å². The van der Waals surface area contributed by atoms with Crippen LogP contribution in [-0.4, -0.2) is 32.1 Å². The molecule has 132 valence electrons. The molecule has 2 rings (SSSR count). The molecule has 6 heteroatoms. The van der Waals surface area contributed by atoms with Crippen molar-refractivity contribution in [3.05, 3.63) is 65.5 Å². The Morgan fingerprint density at radius 2 is 1.48 bits per heavy atom. The van der Waals surface area contributed by atoms with Gasteiger partial charge in [0.25, 0.3) is 0 Å². The predicted octanol–water partition coefficient (Wildman–Crippen LogP) is 2.31. The summed E-state index contributed by atoms with van der Waals surface area (Å²) in [7, 11) is 1.58. The Labute approximate surface area is 146 Å². The summed E-state index contributed by atoms with van der Waals surface area (Å²) in [6, 6.07) is 12.9. The van der Waals surface area contributed by atoms with Crippen molar-refractivity contribution in [2.75, 3.05) is 25.6 Å². The number of amides is 2. The van der Waals surface area contributed by atoms with Gasteiger partial charge in [-0.2, -0.15) is 0 Å². The SMILES string of the molecule is COCCNC(=O)Cc1ccc(NC(=O)Cc2ccc(F)cc2)cc1. The Hall–Kier alpha value is -2.73. The molecule has 2 aromatic carbocycles. The zero-order valence-corrected chi connectivity index (χ0v) is 14.0. The number of anilines is 1. The zero-order valence-electron chi connectivity index (χ0n) is 14.0. The van der Waals surface area contributed by atoms with Crippen molar-refractivity contribution in [1.29, 1.82) is 0 Å². The van der Waals surface area contributed by atoms with Crippen LogP contribution in [0, 0.1) is 5.82 Å². The molecule has 0 spiro atoms. The molecule has 0 aliphatic rings. The Bertz CT molecular complexity index is 700. The first-order valence-corrected chi connectivity index (χ1v) is 7.95. The monoisotopic (exact) mass is 344 g/mol. The fourth-order valence-electron chi connectivity index (χ4n) is 2.24. The van der Waals surface area contributed by atoms with E-state index in [1.54, 1.807) is 43.5 Å². The summed E-state index contributed by atoms with van der Waals surface area (Å²) in [6.45, 7) is 0.956. The molecule has 0 bridgehead atoms. The second-order valence-corrected chi connectivity index (χ2v) is 5.57. The van der Waals surface area contributed by atoms with Crippen molar-refractivity contribution in [3.63, 3.8) is 0 Å². The molecule has 0 aliphatic carbocycles. The first kappa shape index (κ1) is 18.6. The van der Waals surface area contributed by atoms with Gasteiger partial charge in [0, 0.05) is 19.3 Å². The molecule has 0 saturated carbocycles. The van der Waals surface area contributed by atoms with Gasteiger partial charge in [-0.15, -0.1) is 0 Å². The Morgan fingerprint density at radius 3 is 2.08 bits per heavy atom. The summed E-state index contributed by atoms with van der Waals surface area (Å²) >= 11 is 0. The lowest BCUT2D eigenvalue weighted by Crippen LogP contribution is -2.28. The van der Waals surface area contributed by atoms with Crippen molar-refractivity contribution in [1.82, 2.24) is 5.32 Å². The van der Waals surface area contributed by atoms with Crippen LogP contribution in [-0.2, 0) is 27.2 Å². The third-order valence-corrected chi connectivity index (χ3v) is 3.51. The van der Waals surface area contributed by atoms with E-state index in [0.29, 0.717) is 18.8 Å². The molecule has 5 nitrogen and oxygen atoms in total. The number of carbonyl (C=O) groups excluding carboxylic acids is 2. The minimum absolute atomic E-state index is 0.0786. The molecule has 25 heavy (non-hydrogen) atoms. The van der Waals surface area contributed by atoms with Crippen molar-refractivity contribution in [2.24, 2.45) is 0 Å². The number of nitrogens with one attached hydrogen (secondary N) is 2. The quantitative estimate of drug-likeness (QED) is 0.722. The van der Waals surface area contributed by atoms with Crippen LogP contribution in [0.4, 0.5) is 10.1 Å². The van der Waals surface area contributed by atoms with E-state index in [1.807, 2.05) is 0 Å². The summed E-state index contributed by atoms with van der Waals surface area (Å²) in [4.78, 5) is 23.7. The normalized spacial score (nSPS) is 10.3. The van der Waals surface area contributed by atoms with Gasteiger partial charge in [0.1, 0.15) is 5.82 Å². The summed E-state index contributed by atoms with van der Waals surface area (Å²) < 4.78 is 17.7. The smallest absolute Gasteiger partial charge is 0.228 e. The zero-order chi connectivity index (χ0) is 18.1. The van der Waals surface area contributed by atoms with Crippen molar-refractivity contribution < 1.29 is 18.7 Å². The van der Waals surface area contributed by atoms with Gasteiger partial charge in [0.15, 0.2) is 0 Å². The van der Waals surface area contributed by atoms with Crippen LogP contribution in [0.5, 0.6) is 0 Å². The highest BCUT2D eigenvalue weighted by atomic mass is 19.1. The molecule has 0 saturated heterocycles. The van der Waals surface area contributed by atoms with E-state index in [-0.39, 0.29) is 30.5 Å². The van der Waals surface area contributed by atoms with E-state index in [4.69, 9.17) is 4.74 Å². The lowest BCUT2D eigenvalue weighted by Gasteiger charge is -2.08. The number of ether oxygens (including phenoxy) is 1. The number of methoxy groups -OCH3 is 1. The van der Waals surface area contributed by atoms with E-state index in [1.165, 1.54) is 12.1 Å². The van der Waals surface area contributed by atoms with Gasteiger partial charge >= 0.3 is 0 Å². The second-order valence-electron chi connectivity index (χ2n) is 5.57. The Morgan fingerprint density at radius 1 is 0.920 bits per heavy atom. The highest BCUT2D eigenvalue weighted by Crippen LogP contribution is 2.11. The van der Waals surface area contributed by atoms with Gasteiger partial charge in [-0.05, 0) is 35.4 Å². The molecule has 0 aromatic heterocycles. The first-order valence-electron chi connectivity index (χ1n) is 7.95. The van der Waals surface area contributed by atoms with Crippen molar-refractivity contribution >= 4 is 17.5 Å². The number of carbonyl (C=O) groups is 2. The van der Waals surface area contributed by atoms with Crippen molar-refractivity contribution in [2.45, 2.75) is 12.8 Å². The van der Waals surface area contributed by atoms with Crippen LogP contribution in [0.25, 0.3) is 0 Å². The van der Waals surface area contributed by atoms with E-state index in [2.05, 4.69) is 10.6 Å². The molecule has 2 aromatic rings. The van der Waals surface area contributed by atoms with Crippen LogP contribution in [0.3, 0.4) is 0 Å². The van der Waals surface area contributed by atoms with Crippen LogP contribution < -0.4 is 10.6 Å². The van der Waals surface area contributed by atoms with E-state index < -0.39 is 0 Å². The third kappa shape index (κ3) is 6.73. The molecule has 0 fully saturated rings. The van der Waals surface area contributed by atoms with Gasteiger partial charge in [-0.1, -0.05) is 24.3 Å². The van der Waals surface area contributed by atoms with E-state index in [9.17, 15) is 14.0 Å². The van der Waals surface area contributed by atoms with Crippen LogP contribution in [0.1, 0.15) is 11.1 Å². The molecular weight excluding hydrogens is 323 g/mol. The minimum atomic E-state index is -0.328. The third-order valence-electron chi connectivity index (χ3n) is 3.51. The van der Waals surface area contributed by atoms with Gasteiger partial charge in [-0.25, -0.2) is 4.39 Å². The molecule has 2 N–H and O–H groups in total. The Kier molecular flexibility index (Phi) is 7.10. The number of halogens is 1. The lowest BCUT2D eigenvalue weighted by molar-refractivity contribution is -0.120. The highest BCUT2D eigenvalue weighted by molar-refractivity contribution is 5.92. The van der Waals surface area contributed by atoms with Crippen molar-refractivity contribution in [3.8, 4) is 0 Å². The fraction of sp³-hybridized carbons (Fsp3) is 0.263. The van der Waals surface area contributed by atoms with Crippen LogP contribution >= 0.6 is 0 Å². The first-order chi connectivity index (χ1) is 12.1. The maximum Gasteiger partial charge on any atom is 0.228 e. The average molecular weight is 344 g/mol. The molecule has 0 atom stereocenters. The summed E-state index contributed by atoms with van der Waals surface area (Å²) in [5.74, 6) is -0.590. The number of benzene rings is 2.